The lowest BCUT2D eigenvalue weighted by atomic mass is 10.3. The van der Waals surface area contributed by atoms with Gasteiger partial charge in [0.2, 0.25) is 0 Å². The van der Waals surface area contributed by atoms with Crippen molar-refractivity contribution in [1.82, 2.24) is 25.3 Å². The van der Waals surface area contributed by atoms with Crippen LogP contribution in [0.3, 0.4) is 0 Å². The zero-order chi connectivity index (χ0) is 11.5. The van der Waals surface area contributed by atoms with Gasteiger partial charge in [0.05, 0.1) is 31.1 Å². The highest BCUT2D eigenvalue weighted by Crippen LogP contribution is 2.11. The summed E-state index contributed by atoms with van der Waals surface area (Å²) in [5, 5.41) is 14.3. The fourth-order valence-corrected chi connectivity index (χ4v) is 2.38. The molecule has 1 unspecified atom stereocenters. The second-order valence-electron chi connectivity index (χ2n) is 3.90. The molecule has 0 radical (unpaired) electrons. The maximum Gasteiger partial charge on any atom is 0.106 e. The predicted molar refractivity (Wildman–Crippen MR) is 62.4 cm³/mol. The lowest BCUT2D eigenvalue weighted by Crippen LogP contribution is -2.36. The Bertz CT molecular complexity index is 469. The smallest absolute Gasteiger partial charge is 0.106 e. The predicted octanol–water partition coefficient (Wildman–Crippen LogP) is 0.423. The van der Waals surface area contributed by atoms with Crippen LogP contribution in [0.2, 0.25) is 0 Å². The van der Waals surface area contributed by atoms with Crippen LogP contribution in [0.4, 0.5) is 0 Å². The minimum Gasteiger partial charge on any atom is -0.369 e. The largest absolute Gasteiger partial charge is 0.369 e. The molecular formula is C10H13N5OS. The zero-order valence-corrected chi connectivity index (χ0v) is 10.1. The molecule has 0 aromatic carbocycles. The van der Waals surface area contributed by atoms with E-state index >= 15 is 0 Å². The number of ether oxygens (including phenoxy) is 1. The SMILES string of the molecule is c1csc(CNCC2Cn3nncc3CO2)n1. The summed E-state index contributed by atoms with van der Waals surface area (Å²) in [5.41, 5.74) is 1.04. The van der Waals surface area contributed by atoms with Crippen molar-refractivity contribution in [1.29, 1.82) is 0 Å². The zero-order valence-electron chi connectivity index (χ0n) is 9.24. The van der Waals surface area contributed by atoms with Crippen LogP contribution in [-0.2, 0) is 24.4 Å². The molecule has 17 heavy (non-hydrogen) atoms. The van der Waals surface area contributed by atoms with Gasteiger partial charge in [-0.2, -0.15) is 0 Å². The number of nitrogens with zero attached hydrogens (tertiary/aromatic N) is 4. The van der Waals surface area contributed by atoms with Gasteiger partial charge in [-0.25, -0.2) is 9.67 Å². The van der Waals surface area contributed by atoms with Crippen molar-refractivity contribution in [3.63, 3.8) is 0 Å². The van der Waals surface area contributed by atoms with Gasteiger partial charge >= 0.3 is 0 Å². The summed E-state index contributed by atoms with van der Waals surface area (Å²) >= 11 is 1.66. The Balaban J connectivity index is 1.48. The third kappa shape index (κ3) is 2.51. The van der Waals surface area contributed by atoms with E-state index in [1.165, 1.54) is 0 Å². The van der Waals surface area contributed by atoms with Crippen molar-refractivity contribution in [2.45, 2.75) is 25.8 Å². The average molecular weight is 251 g/mol. The van der Waals surface area contributed by atoms with Crippen LogP contribution in [0.5, 0.6) is 0 Å². The first kappa shape index (κ1) is 10.8. The number of thiazole rings is 1. The summed E-state index contributed by atoms with van der Waals surface area (Å²) in [6, 6.07) is 0. The summed E-state index contributed by atoms with van der Waals surface area (Å²) in [5.74, 6) is 0. The quantitative estimate of drug-likeness (QED) is 0.853. The topological polar surface area (TPSA) is 64.9 Å². The van der Waals surface area contributed by atoms with Gasteiger partial charge in [-0.15, -0.1) is 16.4 Å². The van der Waals surface area contributed by atoms with Gasteiger partial charge in [0.25, 0.3) is 0 Å². The summed E-state index contributed by atoms with van der Waals surface area (Å²) in [4.78, 5) is 4.21. The van der Waals surface area contributed by atoms with Gasteiger partial charge in [-0.1, -0.05) is 5.21 Å². The second kappa shape index (κ2) is 4.91. The third-order valence-corrected chi connectivity index (χ3v) is 3.45. The molecule has 1 atom stereocenters. The van der Waals surface area contributed by atoms with Gasteiger partial charge in [0.15, 0.2) is 0 Å². The van der Waals surface area contributed by atoms with Gasteiger partial charge < -0.3 is 10.1 Å². The number of nitrogens with one attached hydrogen (secondary N) is 1. The van der Waals surface area contributed by atoms with Crippen molar-refractivity contribution in [2.75, 3.05) is 6.54 Å². The third-order valence-electron chi connectivity index (χ3n) is 2.67. The molecule has 0 saturated carbocycles. The molecule has 7 heteroatoms. The van der Waals surface area contributed by atoms with Crippen LogP contribution in [0.25, 0.3) is 0 Å². The van der Waals surface area contributed by atoms with E-state index in [1.807, 2.05) is 16.3 Å². The Morgan fingerprint density at radius 2 is 2.59 bits per heavy atom. The molecule has 1 aliphatic heterocycles. The normalized spacial score (nSPS) is 19.2. The lowest BCUT2D eigenvalue weighted by molar-refractivity contribution is 0.000979. The van der Waals surface area contributed by atoms with Crippen molar-refractivity contribution in [3.8, 4) is 0 Å². The molecule has 1 aliphatic rings. The molecule has 0 spiro atoms. The van der Waals surface area contributed by atoms with Gasteiger partial charge in [-0.3, -0.25) is 0 Å². The van der Waals surface area contributed by atoms with E-state index in [1.54, 1.807) is 17.5 Å². The monoisotopic (exact) mass is 251 g/mol. The molecule has 6 nitrogen and oxygen atoms in total. The molecule has 3 rings (SSSR count). The van der Waals surface area contributed by atoms with Crippen LogP contribution in [0.15, 0.2) is 17.8 Å². The van der Waals surface area contributed by atoms with Gasteiger partial charge in [0, 0.05) is 24.7 Å². The number of aromatic nitrogens is 4. The number of fused-ring (bicyclic) bond motifs is 1. The van der Waals surface area contributed by atoms with Gasteiger partial charge in [-0.05, 0) is 0 Å². The fraction of sp³-hybridized carbons (Fsp3) is 0.500. The second-order valence-corrected chi connectivity index (χ2v) is 4.88. The molecule has 2 aromatic heterocycles. The standard InChI is InChI=1S/C10H13N5OS/c1-2-17-10(12-1)5-11-4-9-6-15-8(7-16-9)3-13-14-15/h1-3,9,11H,4-7H2. The van der Waals surface area contributed by atoms with Crippen LogP contribution in [0, 0.1) is 0 Å². The van der Waals surface area contributed by atoms with Crippen LogP contribution in [-0.4, -0.2) is 32.6 Å². The first-order valence-corrected chi connectivity index (χ1v) is 6.38. The summed E-state index contributed by atoms with van der Waals surface area (Å²) in [6.07, 6.45) is 3.73. The van der Waals surface area contributed by atoms with Crippen LogP contribution < -0.4 is 5.32 Å². The van der Waals surface area contributed by atoms with E-state index in [-0.39, 0.29) is 6.10 Å². The maximum atomic E-state index is 5.70. The molecular weight excluding hydrogens is 238 g/mol. The van der Waals surface area contributed by atoms with E-state index in [2.05, 4.69) is 20.6 Å². The highest BCUT2D eigenvalue weighted by molar-refractivity contribution is 7.09. The lowest BCUT2D eigenvalue weighted by Gasteiger charge is -2.23. The molecule has 0 amide bonds. The molecule has 0 fully saturated rings. The van der Waals surface area contributed by atoms with Crippen molar-refractivity contribution in [3.05, 3.63) is 28.5 Å². The summed E-state index contributed by atoms with van der Waals surface area (Å²) in [7, 11) is 0. The Morgan fingerprint density at radius 1 is 1.59 bits per heavy atom. The molecule has 1 N–H and O–H groups in total. The fourth-order valence-electron chi connectivity index (χ4n) is 1.80. The summed E-state index contributed by atoms with van der Waals surface area (Å²) in [6.45, 7) is 2.96. The average Bonchev–Trinajstić information content (AvgIpc) is 2.98. The van der Waals surface area contributed by atoms with Gasteiger partial charge in [0.1, 0.15) is 5.01 Å². The molecule has 0 aliphatic carbocycles. The Morgan fingerprint density at radius 3 is 3.47 bits per heavy atom. The maximum absolute atomic E-state index is 5.70. The number of rotatable bonds is 4. The van der Waals surface area contributed by atoms with Crippen LogP contribution >= 0.6 is 11.3 Å². The molecule has 0 saturated heterocycles. The molecule has 0 bridgehead atoms. The van der Waals surface area contributed by atoms with E-state index in [9.17, 15) is 0 Å². The Hall–Kier alpha value is -1.31. The highest BCUT2D eigenvalue weighted by atomic mass is 32.1. The van der Waals surface area contributed by atoms with E-state index in [0.717, 1.165) is 30.3 Å². The van der Waals surface area contributed by atoms with Crippen molar-refractivity contribution < 1.29 is 4.74 Å². The number of hydrogen-bond donors (Lipinski definition) is 1. The minimum absolute atomic E-state index is 0.157. The Kier molecular flexibility index (Phi) is 3.12. The Labute approximate surface area is 103 Å². The van der Waals surface area contributed by atoms with Crippen molar-refractivity contribution in [2.24, 2.45) is 0 Å². The van der Waals surface area contributed by atoms with E-state index in [4.69, 9.17) is 4.74 Å². The van der Waals surface area contributed by atoms with E-state index < -0.39 is 0 Å². The highest BCUT2D eigenvalue weighted by Gasteiger charge is 2.19. The number of hydrogen-bond acceptors (Lipinski definition) is 6. The van der Waals surface area contributed by atoms with Crippen molar-refractivity contribution >= 4 is 11.3 Å². The molecule has 3 heterocycles. The first-order chi connectivity index (χ1) is 8.42. The summed E-state index contributed by atoms with van der Waals surface area (Å²) < 4.78 is 7.60. The van der Waals surface area contributed by atoms with Crippen LogP contribution in [0.1, 0.15) is 10.7 Å². The minimum atomic E-state index is 0.157. The van der Waals surface area contributed by atoms with E-state index in [0.29, 0.717) is 6.61 Å². The molecule has 90 valence electrons. The first-order valence-electron chi connectivity index (χ1n) is 5.50. The molecule has 2 aromatic rings.